The maximum absolute atomic E-state index is 15.1. The Labute approximate surface area is 157 Å². The van der Waals surface area contributed by atoms with Gasteiger partial charge < -0.3 is 9.47 Å². The van der Waals surface area contributed by atoms with Crippen LogP contribution in [-0.2, 0) is 9.53 Å². The van der Waals surface area contributed by atoms with Crippen LogP contribution in [0.4, 0.5) is 4.39 Å². The normalized spacial score (nSPS) is 12.6. The molecule has 0 amide bonds. The lowest BCUT2D eigenvalue weighted by Gasteiger charge is -2.16. The third-order valence-corrected chi connectivity index (χ3v) is 4.09. The van der Waals surface area contributed by atoms with Gasteiger partial charge in [-0.3, -0.25) is 9.79 Å². The van der Waals surface area contributed by atoms with E-state index in [1.807, 2.05) is 13.0 Å². The quantitative estimate of drug-likeness (QED) is 0.456. The number of ether oxygens (including phenoxy) is 2. The molecule has 0 saturated heterocycles. The van der Waals surface area contributed by atoms with Crippen molar-refractivity contribution in [3.8, 4) is 11.5 Å². The van der Waals surface area contributed by atoms with Crippen LogP contribution < -0.4 is 4.74 Å². The number of esters is 1. The number of methoxy groups -OCH3 is 1. The molecule has 6 heteroatoms. The molecule has 0 aliphatic heterocycles. The standard InChI is InChI=1S/C20H21ClFNO3/c1-4-17(23-13(2)12-18(24)25-3)15-10-11-16(21)20(19(15)22)26-14-8-6-5-7-9-14/h5-11,17H,4,12H2,1-3H3/t17-/m1/s1. The van der Waals surface area contributed by atoms with Gasteiger partial charge in [0.25, 0.3) is 0 Å². The number of nitrogens with zero attached hydrogens (tertiary/aromatic N) is 1. The minimum Gasteiger partial charge on any atom is -0.469 e. The highest BCUT2D eigenvalue weighted by Crippen LogP contribution is 2.37. The number of carbonyl (C=O) groups excluding carboxylic acids is 1. The lowest BCUT2D eigenvalue weighted by molar-refractivity contribution is -0.139. The second kappa shape index (κ2) is 9.34. The molecule has 4 nitrogen and oxygen atoms in total. The fourth-order valence-corrected chi connectivity index (χ4v) is 2.66. The first-order valence-electron chi connectivity index (χ1n) is 8.27. The van der Waals surface area contributed by atoms with Gasteiger partial charge in [0.05, 0.1) is 24.6 Å². The minimum absolute atomic E-state index is 0.0327. The molecule has 0 aromatic heterocycles. The van der Waals surface area contributed by atoms with Gasteiger partial charge in [-0.25, -0.2) is 4.39 Å². The first-order chi connectivity index (χ1) is 12.5. The molecule has 0 unspecified atom stereocenters. The Balaban J connectivity index is 2.34. The van der Waals surface area contributed by atoms with Crippen LogP contribution in [0.2, 0.25) is 5.02 Å². The van der Waals surface area contributed by atoms with E-state index in [1.54, 1.807) is 43.3 Å². The van der Waals surface area contributed by atoms with E-state index in [9.17, 15) is 4.79 Å². The van der Waals surface area contributed by atoms with Gasteiger partial charge in [0.2, 0.25) is 0 Å². The number of carbonyl (C=O) groups is 1. The summed E-state index contributed by atoms with van der Waals surface area (Å²) < 4.78 is 25.3. The third kappa shape index (κ3) is 5.05. The zero-order valence-electron chi connectivity index (χ0n) is 15.0. The molecule has 0 N–H and O–H groups in total. The zero-order chi connectivity index (χ0) is 19.1. The summed E-state index contributed by atoms with van der Waals surface area (Å²) in [6.07, 6.45) is 0.622. The number of para-hydroxylation sites is 1. The van der Waals surface area contributed by atoms with Crippen molar-refractivity contribution in [1.82, 2.24) is 0 Å². The maximum atomic E-state index is 15.1. The highest BCUT2D eigenvalue weighted by molar-refractivity contribution is 6.32. The van der Waals surface area contributed by atoms with Crippen LogP contribution in [0.15, 0.2) is 47.5 Å². The smallest absolute Gasteiger partial charge is 0.311 e. The molecule has 0 fully saturated rings. The molecule has 0 heterocycles. The summed E-state index contributed by atoms with van der Waals surface area (Å²) in [5, 5.41) is 0.181. The Bertz CT molecular complexity index is 793. The molecule has 26 heavy (non-hydrogen) atoms. The minimum atomic E-state index is -0.553. The molecule has 2 aromatic carbocycles. The largest absolute Gasteiger partial charge is 0.469 e. The molecule has 138 valence electrons. The van der Waals surface area contributed by atoms with Crippen molar-refractivity contribution in [1.29, 1.82) is 0 Å². The molecule has 0 aliphatic rings. The average molecular weight is 378 g/mol. The Hall–Kier alpha value is -2.40. The number of hydrogen-bond donors (Lipinski definition) is 0. The van der Waals surface area contributed by atoms with Crippen molar-refractivity contribution in [2.45, 2.75) is 32.7 Å². The number of benzene rings is 2. The fourth-order valence-electron chi connectivity index (χ4n) is 2.48. The van der Waals surface area contributed by atoms with Gasteiger partial charge in [-0.15, -0.1) is 0 Å². The number of aliphatic imine (C=N–C) groups is 1. The second-order valence-electron chi connectivity index (χ2n) is 5.74. The van der Waals surface area contributed by atoms with Gasteiger partial charge in [-0.2, -0.15) is 0 Å². The Morgan fingerprint density at radius 2 is 1.92 bits per heavy atom. The van der Waals surface area contributed by atoms with Gasteiger partial charge in [-0.1, -0.05) is 42.8 Å². The highest BCUT2D eigenvalue weighted by atomic mass is 35.5. The topological polar surface area (TPSA) is 47.9 Å². The van der Waals surface area contributed by atoms with E-state index in [1.165, 1.54) is 7.11 Å². The van der Waals surface area contributed by atoms with Crippen LogP contribution in [0.1, 0.15) is 38.3 Å². The number of hydrogen-bond acceptors (Lipinski definition) is 4. The van der Waals surface area contributed by atoms with Crippen molar-refractivity contribution in [3.63, 3.8) is 0 Å². The fraction of sp³-hybridized carbons (Fsp3) is 0.300. The summed E-state index contributed by atoms with van der Waals surface area (Å²) in [5.74, 6) is -0.480. The lowest BCUT2D eigenvalue weighted by atomic mass is 10.0. The molecule has 0 radical (unpaired) electrons. The average Bonchev–Trinajstić information content (AvgIpc) is 2.64. The van der Waals surface area contributed by atoms with Crippen LogP contribution in [0.3, 0.4) is 0 Å². The molecular formula is C20H21ClFNO3. The Morgan fingerprint density at radius 1 is 1.23 bits per heavy atom. The molecule has 2 aromatic rings. The predicted molar refractivity (Wildman–Crippen MR) is 101 cm³/mol. The first-order valence-corrected chi connectivity index (χ1v) is 8.64. The lowest BCUT2D eigenvalue weighted by Crippen LogP contribution is -2.09. The van der Waals surface area contributed by atoms with Gasteiger partial charge in [-0.05, 0) is 31.5 Å². The van der Waals surface area contributed by atoms with E-state index >= 15 is 4.39 Å². The van der Waals surface area contributed by atoms with Gasteiger partial charge in [0, 0.05) is 11.3 Å². The van der Waals surface area contributed by atoms with Gasteiger partial charge in [0.15, 0.2) is 11.6 Å². The van der Waals surface area contributed by atoms with E-state index in [0.29, 0.717) is 23.4 Å². The van der Waals surface area contributed by atoms with Gasteiger partial charge >= 0.3 is 5.97 Å². The number of halogens is 2. The molecule has 0 aliphatic carbocycles. The summed E-state index contributed by atoms with van der Waals surface area (Å²) in [5.41, 5.74) is 0.940. The SMILES string of the molecule is CC[C@@H](N=C(C)CC(=O)OC)c1ccc(Cl)c(Oc2ccccc2)c1F. The first kappa shape index (κ1) is 19.9. The van der Waals surface area contributed by atoms with Crippen molar-refractivity contribution < 1.29 is 18.7 Å². The molecular weight excluding hydrogens is 357 g/mol. The molecule has 1 atom stereocenters. The van der Waals surface area contributed by atoms with Crippen LogP contribution in [0.25, 0.3) is 0 Å². The van der Waals surface area contributed by atoms with Crippen molar-refractivity contribution >= 4 is 23.3 Å². The number of rotatable bonds is 7. The van der Waals surface area contributed by atoms with E-state index in [0.717, 1.165) is 0 Å². The van der Waals surface area contributed by atoms with Gasteiger partial charge in [0.1, 0.15) is 5.75 Å². The summed E-state index contributed by atoms with van der Waals surface area (Å²) >= 11 is 6.13. The summed E-state index contributed by atoms with van der Waals surface area (Å²) in [6, 6.07) is 11.6. The zero-order valence-corrected chi connectivity index (χ0v) is 15.7. The van der Waals surface area contributed by atoms with Crippen LogP contribution in [-0.4, -0.2) is 18.8 Å². The van der Waals surface area contributed by atoms with Crippen molar-refractivity contribution in [3.05, 3.63) is 58.9 Å². The van der Waals surface area contributed by atoms with Crippen molar-refractivity contribution in [2.24, 2.45) is 4.99 Å². The van der Waals surface area contributed by atoms with Crippen LogP contribution in [0.5, 0.6) is 11.5 Å². The van der Waals surface area contributed by atoms with Crippen LogP contribution >= 0.6 is 11.6 Å². The van der Waals surface area contributed by atoms with E-state index in [2.05, 4.69) is 9.73 Å². The molecule has 2 rings (SSSR count). The second-order valence-corrected chi connectivity index (χ2v) is 6.14. The predicted octanol–water partition coefficient (Wildman–Crippen LogP) is 5.75. The van der Waals surface area contributed by atoms with E-state index in [-0.39, 0.29) is 23.2 Å². The summed E-state index contributed by atoms with van der Waals surface area (Å²) in [7, 11) is 1.32. The summed E-state index contributed by atoms with van der Waals surface area (Å²) in [4.78, 5) is 15.9. The molecule has 0 saturated carbocycles. The summed E-state index contributed by atoms with van der Waals surface area (Å²) in [6.45, 7) is 3.61. The molecule has 0 bridgehead atoms. The third-order valence-electron chi connectivity index (χ3n) is 3.79. The Morgan fingerprint density at radius 3 is 2.54 bits per heavy atom. The Kier molecular flexibility index (Phi) is 7.16. The maximum Gasteiger partial charge on any atom is 0.311 e. The van der Waals surface area contributed by atoms with E-state index in [4.69, 9.17) is 16.3 Å². The van der Waals surface area contributed by atoms with E-state index < -0.39 is 11.9 Å². The molecule has 0 spiro atoms. The highest BCUT2D eigenvalue weighted by Gasteiger charge is 2.20. The van der Waals surface area contributed by atoms with Crippen LogP contribution in [0, 0.1) is 5.82 Å². The monoisotopic (exact) mass is 377 g/mol. The van der Waals surface area contributed by atoms with Crippen molar-refractivity contribution in [2.75, 3.05) is 7.11 Å².